The van der Waals surface area contributed by atoms with Crippen molar-refractivity contribution < 1.29 is 4.79 Å². The zero-order valence-corrected chi connectivity index (χ0v) is 18.9. The summed E-state index contributed by atoms with van der Waals surface area (Å²) in [5, 5.41) is 5.71. The molecule has 2 aromatic heterocycles. The van der Waals surface area contributed by atoms with Crippen LogP contribution in [0.1, 0.15) is 29.5 Å². The number of nitrogens with zero attached hydrogens (tertiary/aromatic N) is 5. The molecule has 152 valence electrons. The lowest BCUT2D eigenvalue weighted by Gasteiger charge is -2.20. The van der Waals surface area contributed by atoms with Gasteiger partial charge in [0.25, 0.3) is 5.91 Å². The Morgan fingerprint density at radius 2 is 2.04 bits per heavy atom. The van der Waals surface area contributed by atoms with Crippen molar-refractivity contribution in [2.24, 2.45) is 0 Å². The number of hydrogen-bond donors (Lipinski definition) is 0. The van der Waals surface area contributed by atoms with E-state index in [4.69, 9.17) is 11.6 Å². The van der Waals surface area contributed by atoms with E-state index in [1.54, 1.807) is 4.90 Å². The minimum atomic E-state index is -0.126. The number of rotatable bonds is 7. The van der Waals surface area contributed by atoms with Crippen LogP contribution < -0.4 is 4.90 Å². The van der Waals surface area contributed by atoms with Crippen LogP contribution in [0.3, 0.4) is 0 Å². The van der Waals surface area contributed by atoms with Crippen LogP contribution in [-0.2, 0) is 6.54 Å². The van der Waals surface area contributed by atoms with Crippen molar-refractivity contribution in [3.8, 4) is 0 Å². The van der Waals surface area contributed by atoms with Gasteiger partial charge in [-0.2, -0.15) is 5.10 Å². The van der Waals surface area contributed by atoms with Crippen LogP contribution in [0.15, 0.2) is 24.3 Å². The van der Waals surface area contributed by atoms with Crippen molar-refractivity contribution >= 4 is 56.6 Å². The molecule has 1 amide bonds. The van der Waals surface area contributed by atoms with Crippen LogP contribution in [0.5, 0.6) is 0 Å². The molecule has 0 fully saturated rings. The molecule has 6 nitrogen and oxygen atoms in total. The normalized spacial score (nSPS) is 11.1. The third-order valence-corrected chi connectivity index (χ3v) is 5.67. The highest BCUT2D eigenvalue weighted by atomic mass is 35.5. The lowest BCUT2D eigenvalue weighted by molar-refractivity contribution is 0.0980. The summed E-state index contributed by atoms with van der Waals surface area (Å²) in [6.45, 7) is 6.17. The van der Waals surface area contributed by atoms with Gasteiger partial charge in [0.05, 0.1) is 9.72 Å². The summed E-state index contributed by atoms with van der Waals surface area (Å²) in [5.74, 6) is -0.126. The number of fused-ring (bicyclic) bond motifs is 1. The lowest BCUT2D eigenvalue weighted by atomic mass is 10.3. The predicted octanol–water partition coefficient (Wildman–Crippen LogP) is 4.49. The van der Waals surface area contributed by atoms with Crippen LogP contribution in [0, 0.1) is 6.92 Å². The molecule has 28 heavy (non-hydrogen) atoms. The van der Waals surface area contributed by atoms with Crippen LogP contribution in [0.2, 0.25) is 5.02 Å². The van der Waals surface area contributed by atoms with Crippen LogP contribution >= 0.6 is 35.3 Å². The zero-order valence-electron chi connectivity index (χ0n) is 16.5. The summed E-state index contributed by atoms with van der Waals surface area (Å²) in [5.41, 5.74) is 2.16. The summed E-state index contributed by atoms with van der Waals surface area (Å²) in [7, 11) is 4.05. The molecule has 0 aliphatic heterocycles. The molecule has 0 radical (unpaired) electrons. The van der Waals surface area contributed by atoms with Crippen molar-refractivity contribution in [1.29, 1.82) is 0 Å². The third-order valence-electron chi connectivity index (χ3n) is 4.32. The van der Waals surface area contributed by atoms with E-state index in [1.807, 2.05) is 56.9 Å². The summed E-state index contributed by atoms with van der Waals surface area (Å²) in [6, 6.07) is 7.53. The van der Waals surface area contributed by atoms with E-state index < -0.39 is 0 Å². The molecule has 9 heteroatoms. The number of para-hydroxylation sites is 1. The first-order chi connectivity index (χ1) is 12.9. The van der Waals surface area contributed by atoms with Gasteiger partial charge in [0.2, 0.25) is 0 Å². The van der Waals surface area contributed by atoms with E-state index >= 15 is 0 Å². The number of halogens is 2. The predicted molar refractivity (Wildman–Crippen MR) is 119 cm³/mol. The molecule has 0 unspecified atom stereocenters. The second kappa shape index (κ2) is 9.69. The number of thiazole rings is 1. The maximum atomic E-state index is 13.2. The van der Waals surface area contributed by atoms with Crippen molar-refractivity contribution in [2.75, 3.05) is 32.1 Å². The zero-order chi connectivity index (χ0) is 19.6. The highest BCUT2D eigenvalue weighted by Gasteiger charge is 2.24. The van der Waals surface area contributed by atoms with E-state index in [1.165, 1.54) is 11.3 Å². The Labute approximate surface area is 180 Å². The Morgan fingerprint density at radius 1 is 1.29 bits per heavy atom. The van der Waals surface area contributed by atoms with Gasteiger partial charge in [0.15, 0.2) is 10.8 Å². The number of carbonyl (C=O) groups excluding carboxylic acids is 1. The highest BCUT2D eigenvalue weighted by Crippen LogP contribution is 2.33. The SMILES string of the molecule is CCn1nc(C(=O)N(CCCN(C)C)c2nc3c(Cl)cccc3s2)cc1C.Cl. The largest absolute Gasteiger partial charge is 0.309 e. The van der Waals surface area contributed by atoms with Gasteiger partial charge in [-0.05, 0) is 59.1 Å². The summed E-state index contributed by atoms with van der Waals surface area (Å²) < 4.78 is 2.80. The molecule has 2 heterocycles. The molecule has 3 aromatic rings. The van der Waals surface area contributed by atoms with Gasteiger partial charge in [-0.25, -0.2) is 4.98 Å². The van der Waals surface area contributed by atoms with E-state index in [-0.39, 0.29) is 18.3 Å². The topological polar surface area (TPSA) is 54.3 Å². The van der Waals surface area contributed by atoms with Crippen molar-refractivity contribution in [1.82, 2.24) is 19.7 Å². The second-order valence-electron chi connectivity index (χ2n) is 6.68. The maximum absolute atomic E-state index is 13.2. The first kappa shape index (κ1) is 22.6. The standard InChI is InChI=1S/C19H24ClN5OS.ClH/c1-5-25-13(2)12-15(22-25)18(26)24(11-7-10-23(3)4)19-21-17-14(20)8-6-9-16(17)27-19;/h6,8-9,12H,5,7,10-11H2,1-4H3;1H. The molecule has 3 rings (SSSR count). The van der Waals surface area contributed by atoms with Crippen molar-refractivity contribution in [3.63, 3.8) is 0 Å². The number of carbonyl (C=O) groups is 1. The van der Waals surface area contributed by atoms with E-state index in [2.05, 4.69) is 15.0 Å². The van der Waals surface area contributed by atoms with Gasteiger partial charge in [0, 0.05) is 18.8 Å². The minimum Gasteiger partial charge on any atom is -0.309 e. The van der Waals surface area contributed by atoms with Crippen LogP contribution in [-0.4, -0.2) is 52.8 Å². The third kappa shape index (κ3) is 4.84. The molecular weight excluding hydrogens is 417 g/mol. The summed E-state index contributed by atoms with van der Waals surface area (Å²) in [4.78, 5) is 21.7. The molecule has 0 N–H and O–H groups in total. The number of benzene rings is 1. The molecule has 0 saturated heterocycles. The smallest absolute Gasteiger partial charge is 0.280 e. The van der Waals surface area contributed by atoms with E-state index in [0.29, 0.717) is 22.4 Å². The highest BCUT2D eigenvalue weighted by molar-refractivity contribution is 7.22. The molecule has 0 aliphatic carbocycles. The molecular formula is C19H25Cl2N5OS. The lowest BCUT2D eigenvalue weighted by Crippen LogP contribution is -2.33. The van der Waals surface area contributed by atoms with E-state index in [0.717, 1.165) is 35.4 Å². The molecule has 0 atom stereocenters. The van der Waals surface area contributed by atoms with Gasteiger partial charge in [0.1, 0.15) is 5.52 Å². The Hall–Kier alpha value is -1.67. The van der Waals surface area contributed by atoms with E-state index in [9.17, 15) is 4.79 Å². The maximum Gasteiger partial charge on any atom is 0.280 e. The second-order valence-corrected chi connectivity index (χ2v) is 8.10. The fraction of sp³-hybridized carbons (Fsp3) is 0.421. The van der Waals surface area contributed by atoms with Gasteiger partial charge < -0.3 is 4.90 Å². The average Bonchev–Trinajstić information content (AvgIpc) is 3.22. The first-order valence-electron chi connectivity index (χ1n) is 8.96. The Balaban J connectivity index is 0.00000280. The van der Waals surface area contributed by atoms with Crippen molar-refractivity contribution in [3.05, 3.63) is 40.7 Å². The number of aryl methyl sites for hydroxylation is 2. The van der Waals surface area contributed by atoms with Crippen LogP contribution in [0.4, 0.5) is 5.13 Å². The molecule has 0 aliphatic rings. The minimum absolute atomic E-state index is 0. The summed E-state index contributed by atoms with van der Waals surface area (Å²) in [6.07, 6.45) is 0.843. The first-order valence-corrected chi connectivity index (χ1v) is 10.2. The number of amides is 1. The van der Waals surface area contributed by atoms with Crippen LogP contribution in [0.25, 0.3) is 10.2 Å². The van der Waals surface area contributed by atoms with Gasteiger partial charge >= 0.3 is 0 Å². The number of anilines is 1. The molecule has 1 aromatic carbocycles. The molecule has 0 saturated carbocycles. The fourth-order valence-corrected chi connectivity index (χ4v) is 4.21. The monoisotopic (exact) mass is 441 g/mol. The Bertz CT molecular complexity index is 953. The summed E-state index contributed by atoms with van der Waals surface area (Å²) >= 11 is 7.76. The van der Waals surface area contributed by atoms with Gasteiger partial charge in [-0.1, -0.05) is 29.0 Å². The van der Waals surface area contributed by atoms with Gasteiger partial charge in [-0.3, -0.25) is 14.4 Å². The molecule has 0 spiro atoms. The fourth-order valence-electron chi connectivity index (χ4n) is 2.92. The average molecular weight is 442 g/mol. The Morgan fingerprint density at radius 3 is 2.64 bits per heavy atom. The van der Waals surface area contributed by atoms with Gasteiger partial charge in [-0.15, -0.1) is 12.4 Å². The van der Waals surface area contributed by atoms with Crippen molar-refractivity contribution in [2.45, 2.75) is 26.8 Å². The molecule has 0 bridgehead atoms. The quantitative estimate of drug-likeness (QED) is 0.541. The Kier molecular flexibility index (Phi) is 7.83. The number of aromatic nitrogens is 3. The number of hydrogen-bond acceptors (Lipinski definition) is 5.